The molecule has 0 saturated carbocycles. The molecule has 1 atom stereocenters. The lowest BCUT2D eigenvalue weighted by atomic mass is 10.1. The highest BCUT2D eigenvalue weighted by Gasteiger charge is 2.18. The summed E-state index contributed by atoms with van der Waals surface area (Å²) in [6.07, 6.45) is 0. The Hall–Kier alpha value is -2.83. The predicted molar refractivity (Wildman–Crippen MR) is 112 cm³/mol. The normalized spacial score (nSPS) is 12.0. The summed E-state index contributed by atoms with van der Waals surface area (Å²) in [5.41, 5.74) is 2.35. The first-order chi connectivity index (χ1) is 13.4. The van der Waals surface area contributed by atoms with Crippen molar-refractivity contribution in [2.45, 2.75) is 19.9 Å². The quantitative estimate of drug-likeness (QED) is 0.668. The first-order valence-electron chi connectivity index (χ1n) is 9.02. The molecule has 28 heavy (non-hydrogen) atoms. The maximum atomic E-state index is 12.8. The number of carbonyl (C=O) groups is 1. The molecule has 2 aromatic carbocycles. The molecule has 0 fully saturated rings. The van der Waals surface area contributed by atoms with E-state index in [1.54, 1.807) is 18.7 Å². The molecule has 3 rings (SSSR count). The van der Waals surface area contributed by atoms with Crippen LogP contribution in [0.1, 0.15) is 24.2 Å². The molecule has 0 unspecified atom stereocenters. The van der Waals surface area contributed by atoms with Gasteiger partial charge in [-0.1, -0.05) is 48.0 Å². The third kappa shape index (κ3) is 4.03. The van der Waals surface area contributed by atoms with E-state index in [0.29, 0.717) is 10.7 Å². The molecule has 146 valence electrons. The van der Waals surface area contributed by atoms with Crippen LogP contribution < -0.4 is 16.2 Å². The number of carbonyl (C=O) groups excluding carboxylic acids is 1. The molecular weight excluding hydrogens is 376 g/mol. The molecule has 1 amide bonds. The fraction of sp³-hybridized carbons (Fsp3) is 0.238. The highest BCUT2D eigenvalue weighted by molar-refractivity contribution is 6.31. The van der Waals surface area contributed by atoms with E-state index < -0.39 is 0 Å². The summed E-state index contributed by atoms with van der Waals surface area (Å²) in [4.78, 5) is 25.3. The second-order valence-electron chi connectivity index (χ2n) is 6.61. The lowest BCUT2D eigenvalue weighted by molar-refractivity contribution is -0.115. The third-order valence-electron chi connectivity index (χ3n) is 4.76. The second-order valence-corrected chi connectivity index (χ2v) is 7.02. The largest absolute Gasteiger partial charge is 0.319 e. The molecular formula is C21H23ClN4O2. The zero-order valence-electron chi connectivity index (χ0n) is 16.1. The van der Waals surface area contributed by atoms with Crippen molar-refractivity contribution in [1.29, 1.82) is 0 Å². The Morgan fingerprint density at radius 1 is 1.11 bits per heavy atom. The molecule has 1 aromatic heterocycles. The van der Waals surface area contributed by atoms with Gasteiger partial charge in [-0.3, -0.25) is 14.3 Å². The SMILES string of the molecule is Cc1c(NC(=O)CN[C@H](C)c2ccccc2Cl)c(=O)n(-c2ccccc2)n1C. The number of halogens is 1. The minimum Gasteiger partial charge on any atom is -0.319 e. The number of benzene rings is 2. The van der Waals surface area contributed by atoms with E-state index >= 15 is 0 Å². The van der Waals surface area contributed by atoms with E-state index in [9.17, 15) is 9.59 Å². The minimum atomic E-state index is -0.287. The van der Waals surface area contributed by atoms with Crippen molar-refractivity contribution < 1.29 is 4.79 Å². The average molecular weight is 399 g/mol. The van der Waals surface area contributed by atoms with Crippen molar-refractivity contribution >= 4 is 23.2 Å². The Kier molecular flexibility index (Phi) is 6.02. The predicted octanol–water partition coefficient (Wildman–Crippen LogP) is 3.43. The second kappa shape index (κ2) is 8.46. The van der Waals surface area contributed by atoms with Crippen molar-refractivity contribution in [1.82, 2.24) is 14.7 Å². The van der Waals surface area contributed by atoms with E-state index in [1.807, 2.05) is 61.5 Å². The standard InChI is InChI=1S/C21H23ClN4O2/c1-14(17-11-7-8-12-18(17)22)23-13-19(27)24-20-15(2)25(3)26(21(20)28)16-9-5-4-6-10-16/h4-12,14,23H,13H2,1-3H3,(H,24,27)/t14-/m1/s1. The van der Waals surface area contributed by atoms with Gasteiger partial charge in [-0.2, -0.15) is 0 Å². The van der Waals surface area contributed by atoms with E-state index in [1.165, 1.54) is 4.68 Å². The number of para-hydroxylation sites is 1. The summed E-state index contributed by atoms with van der Waals surface area (Å²) >= 11 is 6.20. The molecule has 0 aliphatic carbocycles. The van der Waals surface area contributed by atoms with Crippen LogP contribution in [-0.4, -0.2) is 21.8 Å². The van der Waals surface area contributed by atoms with Gasteiger partial charge in [0.1, 0.15) is 5.69 Å². The van der Waals surface area contributed by atoms with E-state index in [4.69, 9.17) is 11.6 Å². The number of hydrogen-bond acceptors (Lipinski definition) is 3. The number of hydrogen-bond donors (Lipinski definition) is 2. The molecule has 0 bridgehead atoms. The summed E-state index contributed by atoms with van der Waals surface area (Å²) in [6.45, 7) is 3.80. The monoisotopic (exact) mass is 398 g/mol. The lowest BCUT2D eigenvalue weighted by Gasteiger charge is -2.15. The van der Waals surface area contributed by atoms with Crippen LogP contribution in [0, 0.1) is 6.92 Å². The first kappa shape index (κ1) is 19.9. The van der Waals surface area contributed by atoms with Crippen molar-refractivity contribution in [3.05, 3.63) is 81.2 Å². The van der Waals surface area contributed by atoms with Crippen LogP contribution in [0.25, 0.3) is 5.69 Å². The Balaban J connectivity index is 1.73. The van der Waals surface area contributed by atoms with Crippen LogP contribution in [0.5, 0.6) is 0 Å². The Morgan fingerprint density at radius 3 is 2.43 bits per heavy atom. The summed E-state index contributed by atoms with van der Waals surface area (Å²) in [7, 11) is 1.79. The highest BCUT2D eigenvalue weighted by Crippen LogP contribution is 2.22. The van der Waals surface area contributed by atoms with Gasteiger partial charge >= 0.3 is 0 Å². The van der Waals surface area contributed by atoms with Gasteiger partial charge in [0.25, 0.3) is 5.56 Å². The summed E-state index contributed by atoms with van der Waals surface area (Å²) in [5, 5.41) is 6.53. The third-order valence-corrected chi connectivity index (χ3v) is 5.10. The summed E-state index contributed by atoms with van der Waals surface area (Å²) in [5.74, 6) is -0.287. The van der Waals surface area contributed by atoms with Crippen LogP contribution in [0.15, 0.2) is 59.4 Å². The molecule has 0 radical (unpaired) electrons. The number of aromatic nitrogens is 2. The highest BCUT2D eigenvalue weighted by atomic mass is 35.5. The average Bonchev–Trinajstić information content (AvgIpc) is 2.90. The number of nitrogens with zero attached hydrogens (tertiary/aromatic N) is 2. The first-order valence-corrected chi connectivity index (χ1v) is 9.39. The number of anilines is 1. The van der Waals surface area contributed by atoms with Gasteiger partial charge in [0.15, 0.2) is 0 Å². The van der Waals surface area contributed by atoms with Crippen LogP contribution in [0.3, 0.4) is 0 Å². The smallest absolute Gasteiger partial charge is 0.295 e. The number of nitrogens with one attached hydrogen (secondary N) is 2. The van der Waals surface area contributed by atoms with Crippen molar-refractivity contribution in [3.63, 3.8) is 0 Å². The van der Waals surface area contributed by atoms with Gasteiger partial charge in [0, 0.05) is 18.1 Å². The maximum Gasteiger partial charge on any atom is 0.295 e. The Labute approximate surface area is 168 Å². The molecule has 0 spiro atoms. The zero-order valence-corrected chi connectivity index (χ0v) is 16.8. The summed E-state index contributed by atoms with van der Waals surface area (Å²) < 4.78 is 3.26. The van der Waals surface area contributed by atoms with Crippen molar-refractivity contribution in [2.24, 2.45) is 7.05 Å². The minimum absolute atomic E-state index is 0.0610. The Morgan fingerprint density at radius 2 is 1.75 bits per heavy atom. The van der Waals surface area contributed by atoms with E-state index in [-0.39, 0.29) is 29.7 Å². The number of rotatable bonds is 6. The van der Waals surface area contributed by atoms with Crippen molar-refractivity contribution in [2.75, 3.05) is 11.9 Å². The van der Waals surface area contributed by atoms with Crippen LogP contribution in [0.2, 0.25) is 5.02 Å². The maximum absolute atomic E-state index is 12.8. The lowest BCUT2D eigenvalue weighted by Crippen LogP contribution is -2.32. The van der Waals surface area contributed by atoms with Gasteiger partial charge in [0.2, 0.25) is 5.91 Å². The van der Waals surface area contributed by atoms with Gasteiger partial charge in [-0.05, 0) is 37.6 Å². The fourth-order valence-electron chi connectivity index (χ4n) is 3.08. The zero-order chi connectivity index (χ0) is 20.3. The molecule has 1 heterocycles. The van der Waals surface area contributed by atoms with Crippen LogP contribution in [0.4, 0.5) is 5.69 Å². The van der Waals surface area contributed by atoms with Gasteiger partial charge < -0.3 is 10.6 Å². The molecule has 6 nitrogen and oxygen atoms in total. The van der Waals surface area contributed by atoms with Crippen LogP contribution >= 0.6 is 11.6 Å². The molecule has 2 N–H and O–H groups in total. The number of amides is 1. The van der Waals surface area contributed by atoms with Gasteiger partial charge in [-0.25, -0.2) is 4.68 Å². The van der Waals surface area contributed by atoms with E-state index in [0.717, 1.165) is 11.3 Å². The molecule has 3 aromatic rings. The van der Waals surface area contributed by atoms with E-state index in [2.05, 4.69) is 10.6 Å². The van der Waals surface area contributed by atoms with Gasteiger partial charge in [-0.15, -0.1) is 0 Å². The molecule has 7 heteroatoms. The molecule has 0 aliphatic heterocycles. The topological polar surface area (TPSA) is 68.1 Å². The van der Waals surface area contributed by atoms with Crippen LogP contribution in [-0.2, 0) is 11.8 Å². The Bertz CT molecular complexity index is 1040. The van der Waals surface area contributed by atoms with Gasteiger partial charge in [0.05, 0.1) is 17.9 Å². The molecule has 0 saturated heterocycles. The molecule has 0 aliphatic rings. The summed E-state index contributed by atoms with van der Waals surface area (Å²) in [6, 6.07) is 16.7. The van der Waals surface area contributed by atoms with Crippen molar-refractivity contribution in [3.8, 4) is 5.69 Å². The fourth-order valence-corrected chi connectivity index (χ4v) is 3.38.